The van der Waals surface area contributed by atoms with E-state index in [2.05, 4.69) is 39.0 Å². The number of aromatic nitrogens is 2. The zero-order valence-electron chi connectivity index (χ0n) is 14.6. The minimum Gasteiger partial charge on any atom is -0.380 e. The summed E-state index contributed by atoms with van der Waals surface area (Å²) in [5.41, 5.74) is 2.20. The van der Waals surface area contributed by atoms with E-state index in [1.165, 1.54) is 5.56 Å². The van der Waals surface area contributed by atoms with Crippen molar-refractivity contribution in [3.8, 4) is 11.5 Å². The molecule has 0 radical (unpaired) electrons. The van der Waals surface area contributed by atoms with Crippen LogP contribution in [0.25, 0.3) is 11.5 Å². The van der Waals surface area contributed by atoms with Crippen molar-refractivity contribution in [2.45, 2.75) is 20.4 Å². The van der Waals surface area contributed by atoms with E-state index in [-0.39, 0.29) is 0 Å². The van der Waals surface area contributed by atoms with Crippen molar-refractivity contribution < 1.29 is 9.26 Å². The van der Waals surface area contributed by atoms with Gasteiger partial charge in [0.25, 0.3) is 5.89 Å². The second-order valence-corrected chi connectivity index (χ2v) is 6.20. The molecular weight excluding hydrogens is 304 g/mol. The van der Waals surface area contributed by atoms with Crippen LogP contribution in [0.15, 0.2) is 28.8 Å². The maximum atomic E-state index is 5.42. The summed E-state index contributed by atoms with van der Waals surface area (Å²) in [5.74, 6) is 1.36. The smallest absolute Gasteiger partial charge is 0.257 e. The first kappa shape index (κ1) is 17.1. The predicted octanol–water partition coefficient (Wildman–Crippen LogP) is 2.20. The number of rotatable bonds is 7. The Morgan fingerprint density at radius 2 is 1.79 bits per heavy atom. The topological polar surface area (TPSA) is 54.6 Å². The van der Waals surface area contributed by atoms with Crippen LogP contribution in [0.1, 0.15) is 18.3 Å². The molecule has 1 saturated heterocycles. The van der Waals surface area contributed by atoms with Crippen molar-refractivity contribution in [3.63, 3.8) is 0 Å². The van der Waals surface area contributed by atoms with Crippen molar-refractivity contribution in [1.82, 2.24) is 19.9 Å². The summed E-state index contributed by atoms with van der Waals surface area (Å²) >= 11 is 0. The predicted molar refractivity (Wildman–Crippen MR) is 92.7 cm³/mol. The number of piperazine rings is 1. The molecule has 0 N–H and O–H groups in total. The van der Waals surface area contributed by atoms with E-state index in [4.69, 9.17) is 9.26 Å². The normalized spacial score (nSPS) is 16.6. The third-order valence-electron chi connectivity index (χ3n) is 4.35. The first-order chi connectivity index (χ1) is 11.7. The highest BCUT2D eigenvalue weighted by atomic mass is 16.5. The lowest BCUT2D eigenvalue weighted by Gasteiger charge is -2.33. The van der Waals surface area contributed by atoms with E-state index >= 15 is 0 Å². The summed E-state index contributed by atoms with van der Waals surface area (Å²) in [6.45, 7) is 11.7. The van der Waals surface area contributed by atoms with Crippen molar-refractivity contribution >= 4 is 0 Å². The maximum Gasteiger partial charge on any atom is 0.257 e. The molecule has 2 aromatic rings. The standard InChI is InChI=1S/C18H26N4O2/c1-3-23-13-12-21-8-10-22(11-9-21)14-17-19-18(24-20-17)16-6-4-15(2)5-7-16/h4-7H,3,8-14H2,1-2H3. The third kappa shape index (κ3) is 4.63. The maximum absolute atomic E-state index is 5.42. The first-order valence-electron chi connectivity index (χ1n) is 8.66. The van der Waals surface area contributed by atoms with Gasteiger partial charge in [-0.2, -0.15) is 4.98 Å². The first-order valence-corrected chi connectivity index (χ1v) is 8.66. The van der Waals surface area contributed by atoms with E-state index in [1.54, 1.807) is 0 Å². The minimum absolute atomic E-state index is 0.598. The number of hydrogen-bond donors (Lipinski definition) is 0. The molecule has 1 fully saturated rings. The number of ether oxygens (including phenoxy) is 1. The van der Waals surface area contributed by atoms with Gasteiger partial charge in [-0.25, -0.2) is 0 Å². The fourth-order valence-corrected chi connectivity index (χ4v) is 2.84. The fourth-order valence-electron chi connectivity index (χ4n) is 2.84. The van der Waals surface area contributed by atoms with Crippen molar-refractivity contribution in [2.75, 3.05) is 45.9 Å². The van der Waals surface area contributed by atoms with Gasteiger partial charge in [0.2, 0.25) is 0 Å². The molecule has 0 bridgehead atoms. The van der Waals surface area contributed by atoms with Crippen LogP contribution in [0.2, 0.25) is 0 Å². The van der Waals surface area contributed by atoms with Gasteiger partial charge < -0.3 is 9.26 Å². The molecule has 3 rings (SSSR count). The highest BCUT2D eigenvalue weighted by Gasteiger charge is 2.19. The number of nitrogens with zero attached hydrogens (tertiary/aromatic N) is 4. The largest absolute Gasteiger partial charge is 0.380 e. The second-order valence-electron chi connectivity index (χ2n) is 6.20. The van der Waals surface area contributed by atoms with Gasteiger partial charge in [-0.3, -0.25) is 9.80 Å². The molecule has 0 spiro atoms. The Hall–Kier alpha value is -1.76. The Labute approximate surface area is 143 Å². The molecule has 0 atom stereocenters. The molecule has 0 aliphatic carbocycles. The number of benzene rings is 1. The third-order valence-corrected chi connectivity index (χ3v) is 4.35. The molecule has 6 nitrogen and oxygen atoms in total. The Morgan fingerprint density at radius 1 is 1.08 bits per heavy atom. The Balaban J connectivity index is 1.48. The summed E-state index contributed by atoms with van der Waals surface area (Å²) in [6.07, 6.45) is 0. The molecule has 0 amide bonds. The zero-order valence-corrected chi connectivity index (χ0v) is 14.6. The van der Waals surface area contributed by atoms with Crippen LogP contribution in [-0.4, -0.2) is 65.9 Å². The van der Waals surface area contributed by atoms with Gasteiger partial charge in [0.1, 0.15) is 0 Å². The van der Waals surface area contributed by atoms with E-state index < -0.39 is 0 Å². The lowest BCUT2D eigenvalue weighted by atomic mass is 10.1. The molecule has 130 valence electrons. The average molecular weight is 330 g/mol. The van der Waals surface area contributed by atoms with Gasteiger partial charge in [-0.1, -0.05) is 22.9 Å². The van der Waals surface area contributed by atoms with Crippen LogP contribution in [0.3, 0.4) is 0 Å². The van der Waals surface area contributed by atoms with Crippen LogP contribution in [-0.2, 0) is 11.3 Å². The highest BCUT2D eigenvalue weighted by Crippen LogP contribution is 2.18. The van der Waals surface area contributed by atoms with E-state index in [0.29, 0.717) is 5.89 Å². The molecule has 1 aliphatic rings. The lowest BCUT2D eigenvalue weighted by Crippen LogP contribution is -2.46. The summed E-state index contributed by atoms with van der Waals surface area (Å²) in [6, 6.07) is 8.15. The average Bonchev–Trinajstić information content (AvgIpc) is 3.06. The van der Waals surface area contributed by atoms with Gasteiger partial charge in [-0.15, -0.1) is 0 Å². The lowest BCUT2D eigenvalue weighted by molar-refractivity contribution is 0.0775. The van der Waals surface area contributed by atoms with E-state index in [1.807, 2.05) is 19.1 Å². The molecule has 2 heterocycles. The van der Waals surface area contributed by atoms with Crippen LogP contribution in [0, 0.1) is 6.92 Å². The summed E-state index contributed by atoms with van der Waals surface area (Å²) in [5, 5.41) is 4.13. The second kappa shape index (κ2) is 8.37. The Morgan fingerprint density at radius 3 is 2.50 bits per heavy atom. The van der Waals surface area contributed by atoms with Gasteiger partial charge in [-0.05, 0) is 26.0 Å². The van der Waals surface area contributed by atoms with Crippen molar-refractivity contribution in [3.05, 3.63) is 35.7 Å². The van der Waals surface area contributed by atoms with Crippen LogP contribution in [0.4, 0.5) is 0 Å². The minimum atomic E-state index is 0.598. The SMILES string of the molecule is CCOCCN1CCN(Cc2noc(-c3ccc(C)cc3)n2)CC1. The molecule has 24 heavy (non-hydrogen) atoms. The van der Waals surface area contributed by atoms with Crippen molar-refractivity contribution in [2.24, 2.45) is 0 Å². The highest BCUT2D eigenvalue weighted by molar-refractivity contribution is 5.53. The van der Waals surface area contributed by atoms with Crippen LogP contribution in [0.5, 0.6) is 0 Å². The van der Waals surface area contributed by atoms with Gasteiger partial charge >= 0.3 is 0 Å². The molecule has 0 unspecified atom stereocenters. The molecule has 1 aromatic heterocycles. The number of hydrogen-bond acceptors (Lipinski definition) is 6. The summed E-state index contributed by atoms with van der Waals surface area (Å²) in [4.78, 5) is 9.35. The molecule has 6 heteroatoms. The van der Waals surface area contributed by atoms with Crippen molar-refractivity contribution in [1.29, 1.82) is 0 Å². The molecule has 1 aromatic carbocycles. The van der Waals surface area contributed by atoms with E-state index in [9.17, 15) is 0 Å². The van der Waals surface area contributed by atoms with Crippen LogP contribution >= 0.6 is 0 Å². The van der Waals surface area contributed by atoms with Crippen LogP contribution < -0.4 is 0 Å². The number of aryl methyl sites for hydroxylation is 1. The molecule has 0 saturated carbocycles. The van der Waals surface area contributed by atoms with E-state index in [0.717, 1.165) is 63.9 Å². The quantitative estimate of drug-likeness (QED) is 0.726. The zero-order chi connectivity index (χ0) is 16.8. The monoisotopic (exact) mass is 330 g/mol. The Kier molecular flexibility index (Phi) is 5.96. The summed E-state index contributed by atoms with van der Waals surface area (Å²) in [7, 11) is 0. The molecule has 1 aliphatic heterocycles. The van der Waals surface area contributed by atoms with Gasteiger partial charge in [0, 0.05) is 44.9 Å². The fraction of sp³-hybridized carbons (Fsp3) is 0.556. The Bertz CT molecular complexity index is 618. The summed E-state index contributed by atoms with van der Waals surface area (Å²) < 4.78 is 10.8. The molecular formula is C18H26N4O2. The van der Waals surface area contributed by atoms with Gasteiger partial charge in [0.15, 0.2) is 5.82 Å². The van der Waals surface area contributed by atoms with Gasteiger partial charge in [0.05, 0.1) is 13.2 Å².